The summed E-state index contributed by atoms with van der Waals surface area (Å²) in [6, 6.07) is 6.97. The zero-order chi connectivity index (χ0) is 23.1. The number of nitrogens with zero attached hydrogens (tertiary/aromatic N) is 2. The van der Waals surface area contributed by atoms with E-state index in [9.17, 15) is 19.6 Å². The maximum atomic E-state index is 13.1. The molecule has 1 aromatic carbocycles. The van der Waals surface area contributed by atoms with Crippen molar-refractivity contribution < 1.29 is 19.1 Å². The van der Waals surface area contributed by atoms with Gasteiger partial charge in [0.15, 0.2) is 0 Å². The Kier molecular flexibility index (Phi) is 8.84. The minimum Gasteiger partial charge on any atom is -0.444 e. The van der Waals surface area contributed by atoms with E-state index in [0.29, 0.717) is 5.56 Å². The Bertz CT molecular complexity index is 791. The monoisotopic (exact) mass is 416 g/mol. The number of carbonyl (C=O) groups excluding carboxylic acids is 3. The van der Waals surface area contributed by atoms with E-state index < -0.39 is 35.6 Å². The van der Waals surface area contributed by atoms with Crippen LogP contribution in [0.2, 0.25) is 0 Å². The molecule has 0 aliphatic heterocycles. The van der Waals surface area contributed by atoms with Crippen molar-refractivity contribution in [1.82, 2.24) is 15.5 Å². The number of hydrogen-bond donors (Lipinski definition) is 2. The van der Waals surface area contributed by atoms with Crippen LogP contribution in [0.1, 0.15) is 58.7 Å². The molecule has 3 amide bonds. The van der Waals surface area contributed by atoms with Gasteiger partial charge in [0.2, 0.25) is 11.8 Å². The number of ether oxygens (including phenoxy) is 1. The quantitative estimate of drug-likeness (QED) is 0.664. The molecule has 2 unspecified atom stereocenters. The molecule has 0 bridgehead atoms. The first-order valence-corrected chi connectivity index (χ1v) is 9.89. The molecule has 0 aliphatic rings. The van der Waals surface area contributed by atoms with Crippen molar-refractivity contribution >= 4 is 17.9 Å². The average molecular weight is 417 g/mol. The Morgan fingerprint density at radius 1 is 1.10 bits per heavy atom. The van der Waals surface area contributed by atoms with Gasteiger partial charge in [0.05, 0.1) is 6.07 Å². The maximum Gasteiger partial charge on any atom is 0.408 e. The van der Waals surface area contributed by atoms with Crippen molar-refractivity contribution in [3.63, 3.8) is 0 Å². The third-order valence-electron chi connectivity index (χ3n) is 4.01. The number of nitrogens with one attached hydrogen (secondary N) is 2. The van der Waals surface area contributed by atoms with Gasteiger partial charge < -0.3 is 20.3 Å². The van der Waals surface area contributed by atoms with E-state index in [1.165, 1.54) is 11.8 Å². The van der Waals surface area contributed by atoms with E-state index in [-0.39, 0.29) is 12.6 Å². The van der Waals surface area contributed by atoms with Crippen LogP contribution in [-0.2, 0) is 14.3 Å². The Morgan fingerprint density at radius 2 is 1.67 bits per heavy atom. The van der Waals surface area contributed by atoms with Gasteiger partial charge in [0.1, 0.15) is 24.2 Å². The molecule has 8 heteroatoms. The molecule has 2 N–H and O–H groups in total. The first-order chi connectivity index (χ1) is 13.9. The third-order valence-corrected chi connectivity index (χ3v) is 4.01. The highest BCUT2D eigenvalue weighted by molar-refractivity contribution is 5.92. The van der Waals surface area contributed by atoms with E-state index in [1.807, 2.05) is 39.0 Å². The average Bonchev–Trinajstić information content (AvgIpc) is 2.59. The predicted molar refractivity (Wildman–Crippen MR) is 113 cm³/mol. The van der Waals surface area contributed by atoms with Crippen molar-refractivity contribution in [3.05, 3.63) is 35.4 Å². The fourth-order valence-corrected chi connectivity index (χ4v) is 2.75. The summed E-state index contributed by atoms with van der Waals surface area (Å²) < 4.78 is 5.19. The number of hydrogen-bond acceptors (Lipinski definition) is 5. The minimum atomic E-state index is -1.01. The lowest BCUT2D eigenvalue weighted by molar-refractivity contribution is -0.141. The Morgan fingerprint density at radius 3 is 2.13 bits per heavy atom. The number of amides is 3. The highest BCUT2D eigenvalue weighted by Crippen LogP contribution is 2.23. The normalized spacial score (nSPS) is 13.0. The van der Waals surface area contributed by atoms with Crippen LogP contribution in [0, 0.1) is 18.3 Å². The van der Waals surface area contributed by atoms with Crippen LogP contribution >= 0.6 is 0 Å². The van der Waals surface area contributed by atoms with Gasteiger partial charge in [0, 0.05) is 6.04 Å². The molecule has 1 aromatic rings. The van der Waals surface area contributed by atoms with E-state index in [4.69, 9.17) is 4.74 Å². The second kappa shape index (κ2) is 10.6. The Hall–Kier alpha value is -3.08. The second-order valence-corrected chi connectivity index (χ2v) is 8.47. The zero-order valence-corrected chi connectivity index (χ0v) is 18.8. The molecule has 0 saturated carbocycles. The first-order valence-electron chi connectivity index (χ1n) is 9.89. The van der Waals surface area contributed by atoms with Crippen LogP contribution in [0.25, 0.3) is 0 Å². The van der Waals surface area contributed by atoms with E-state index >= 15 is 0 Å². The highest BCUT2D eigenvalue weighted by Gasteiger charge is 2.34. The number of nitriles is 1. The van der Waals surface area contributed by atoms with Crippen molar-refractivity contribution in [2.45, 2.75) is 72.2 Å². The van der Waals surface area contributed by atoms with Gasteiger partial charge >= 0.3 is 6.09 Å². The van der Waals surface area contributed by atoms with Crippen molar-refractivity contribution in [1.29, 1.82) is 5.26 Å². The van der Waals surface area contributed by atoms with Gasteiger partial charge in [-0.1, -0.05) is 29.8 Å². The first kappa shape index (κ1) is 25.0. The van der Waals surface area contributed by atoms with Crippen LogP contribution in [0.4, 0.5) is 4.79 Å². The van der Waals surface area contributed by atoms with Gasteiger partial charge in [-0.05, 0) is 54.0 Å². The minimum absolute atomic E-state index is 0.151. The fraction of sp³-hybridized carbons (Fsp3) is 0.545. The standard InChI is InChI=1S/C22H32N4O4/c1-14(2)24-19(27)18(17-10-8-15(3)9-11-17)26(13-12-23)20(28)16(4)25-21(29)30-22(5,6)7/h8-11,14,16,18H,13H2,1-7H3,(H,24,27)(H,25,29). The smallest absolute Gasteiger partial charge is 0.408 e. The summed E-state index contributed by atoms with van der Waals surface area (Å²) >= 11 is 0. The van der Waals surface area contributed by atoms with Crippen LogP contribution in [-0.4, -0.2) is 47.0 Å². The summed E-state index contributed by atoms with van der Waals surface area (Å²) in [7, 11) is 0. The van der Waals surface area contributed by atoms with Crippen molar-refractivity contribution in [3.8, 4) is 6.07 Å². The number of aryl methyl sites for hydroxylation is 1. The van der Waals surface area contributed by atoms with Crippen molar-refractivity contribution in [2.75, 3.05) is 6.54 Å². The van der Waals surface area contributed by atoms with Gasteiger partial charge in [-0.25, -0.2) is 4.79 Å². The van der Waals surface area contributed by atoms with Gasteiger partial charge in [-0.2, -0.15) is 5.26 Å². The molecule has 0 radical (unpaired) electrons. The molecule has 8 nitrogen and oxygen atoms in total. The van der Waals surface area contributed by atoms with Crippen LogP contribution < -0.4 is 10.6 Å². The molecular formula is C22H32N4O4. The molecule has 0 aromatic heterocycles. The topological polar surface area (TPSA) is 112 Å². The number of benzene rings is 1. The lowest BCUT2D eigenvalue weighted by Gasteiger charge is -2.32. The molecule has 1 rings (SSSR count). The second-order valence-electron chi connectivity index (χ2n) is 8.47. The van der Waals surface area contributed by atoms with Gasteiger partial charge in [-0.3, -0.25) is 9.59 Å². The Labute approximate surface area is 178 Å². The third kappa shape index (κ3) is 7.74. The largest absolute Gasteiger partial charge is 0.444 e. The molecule has 0 fully saturated rings. The van der Waals surface area contributed by atoms with Crippen LogP contribution in [0.3, 0.4) is 0 Å². The maximum absolute atomic E-state index is 13.1. The lowest BCUT2D eigenvalue weighted by atomic mass is 10.0. The zero-order valence-electron chi connectivity index (χ0n) is 18.8. The predicted octanol–water partition coefficient (Wildman–Crippen LogP) is 2.83. The number of carbonyl (C=O) groups is 3. The van der Waals surface area contributed by atoms with E-state index in [2.05, 4.69) is 10.6 Å². The summed E-state index contributed by atoms with van der Waals surface area (Å²) in [4.78, 5) is 39.3. The fourth-order valence-electron chi connectivity index (χ4n) is 2.75. The Balaban J connectivity index is 3.21. The molecule has 30 heavy (non-hydrogen) atoms. The number of alkyl carbamates (subject to hydrolysis) is 1. The van der Waals surface area contributed by atoms with Crippen LogP contribution in [0.5, 0.6) is 0 Å². The van der Waals surface area contributed by atoms with E-state index in [0.717, 1.165) is 5.56 Å². The summed E-state index contributed by atoms with van der Waals surface area (Å²) in [5, 5.41) is 14.6. The van der Waals surface area contributed by atoms with Crippen molar-refractivity contribution in [2.24, 2.45) is 0 Å². The molecule has 2 atom stereocenters. The highest BCUT2D eigenvalue weighted by atomic mass is 16.6. The molecule has 0 aliphatic carbocycles. The molecule has 0 spiro atoms. The molecule has 0 saturated heterocycles. The van der Waals surface area contributed by atoms with Gasteiger partial charge in [-0.15, -0.1) is 0 Å². The SMILES string of the molecule is Cc1ccc(C(C(=O)NC(C)C)N(CC#N)C(=O)C(C)NC(=O)OC(C)(C)C)cc1. The summed E-state index contributed by atoms with van der Waals surface area (Å²) in [5.41, 5.74) is 0.854. The summed E-state index contributed by atoms with van der Waals surface area (Å²) in [6.07, 6.45) is -0.751. The van der Waals surface area contributed by atoms with Gasteiger partial charge in [0.25, 0.3) is 0 Å². The van der Waals surface area contributed by atoms with E-state index in [1.54, 1.807) is 32.9 Å². The van der Waals surface area contributed by atoms with Crippen LogP contribution in [0.15, 0.2) is 24.3 Å². The summed E-state index contributed by atoms with van der Waals surface area (Å²) in [5.74, 6) is -0.964. The lowest BCUT2D eigenvalue weighted by Crippen LogP contribution is -2.52. The molecule has 0 heterocycles. The molecule has 164 valence electrons. The molecular weight excluding hydrogens is 384 g/mol. The summed E-state index contributed by atoms with van der Waals surface area (Å²) in [6.45, 7) is 11.9. The number of rotatable bonds is 7.